The van der Waals surface area contributed by atoms with Gasteiger partial charge >= 0.3 is 5.97 Å². The van der Waals surface area contributed by atoms with Gasteiger partial charge in [0.15, 0.2) is 0 Å². The van der Waals surface area contributed by atoms with Crippen molar-refractivity contribution in [2.75, 3.05) is 0 Å². The van der Waals surface area contributed by atoms with Crippen LogP contribution in [0.5, 0.6) is 0 Å². The number of aromatic carboxylic acids is 1. The Morgan fingerprint density at radius 1 is 1.38 bits per heavy atom. The number of aromatic nitrogens is 4. The van der Waals surface area contributed by atoms with Crippen LogP contribution in [0, 0.1) is 6.92 Å². The third kappa shape index (κ3) is 2.52. The molecular weight excluding hydrogens is 268 g/mol. The van der Waals surface area contributed by atoms with Crippen molar-refractivity contribution >= 4 is 17.0 Å². The molecule has 0 radical (unpaired) electrons. The van der Waals surface area contributed by atoms with Crippen LogP contribution in [-0.2, 0) is 20.0 Å². The third-order valence-electron chi connectivity index (χ3n) is 3.57. The maximum atomic E-state index is 11.0. The molecule has 0 aliphatic carbocycles. The summed E-state index contributed by atoms with van der Waals surface area (Å²) in [5.74, 6) is -0.0455. The second-order valence-electron chi connectivity index (χ2n) is 5.09. The number of carboxylic acid groups (broad SMARTS) is 1. The van der Waals surface area contributed by atoms with Gasteiger partial charge in [-0.15, -0.1) is 0 Å². The molecule has 1 N–H and O–H groups in total. The molecule has 0 saturated carbocycles. The van der Waals surface area contributed by atoms with Crippen molar-refractivity contribution in [3.05, 3.63) is 47.5 Å². The molecule has 21 heavy (non-hydrogen) atoms. The van der Waals surface area contributed by atoms with E-state index in [0.29, 0.717) is 0 Å². The molecule has 6 nitrogen and oxygen atoms in total. The van der Waals surface area contributed by atoms with Gasteiger partial charge in [-0.1, -0.05) is 0 Å². The van der Waals surface area contributed by atoms with Gasteiger partial charge in [-0.25, -0.2) is 9.78 Å². The lowest BCUT2D eigenvalue weighted by Crippen LogP contribution is -2.03. The lowest BCUT2D eigenvalue weighted by molar-refractivity contribution is 0.0697. The molecule has 3 rings (SSSR count). The summed E-state index contributed by atoms with van der Waals surface area (Å²) in [7, 11) is 1.90. The van der Waals surface area contributed by atoms with Crippen LogP contribution in [0.15, 0.2) is 30.6 Å². The average molecular weight is 284 g/mol. The van der Waals surface area contributed by atoms with E-state index in [1.54, 1.807) is 16.8 Å². The minimum atomic E-state index is -0.931. The van der Waals surface area contributed by atoms with Crippen molar-refractivity contribution in [2.24, 2.45) is 7.05 Å². The van der Waals surface area contributed by atoms with Gasteiger partial charge in [0, 0.05) is 19.8 Å². The van der Waals surface area contributed by atoms with Crippen LogP contribution < -0.4 is 0 Å². The molecule has 0 amide bonds. The Morgan fingerprint density at radius 2 is 2.19 bits per heavy atom. The van der Waals surface area contributed by atoms with E-state index in [9.17, 15) is 4.79 Å². The predicted molar refractivity (Wildman–Crippen MR) is 78.3 cm³/mol. The third-order valence-corrected chi connectivity index (χ3v) is 3.57. The quantitative estimate of drug-likeness (QED) is 0.795. The maximum Gasteiger partial charge on any atom is 0.335 e. The van der Waals surface area contributed by atoms with Gasteiger partial charge in [0.05, 0.1) is 22.8 Å². The smallest absolute Gasteiger partial charge is 0.335 e. The van der Waals surface area contributed by atoms with Crippen molar-refractivity contribution in [2.45, 2.75) is 19.9 Å². The lowest BCUT2D eigenvalue weighted by Gasteiger charge is -2.05. The number of carboxylic acids is 1. The number of nitrogens with zero attached hydrogens (tertiary/aromatic N) is 4. The van der Waals surface area contributed by atoms with E-state index in [1.165, 1.54) is 5.56 Å². The summed E-state index contributed by atoms with van der Waals surface area (Å²) in [4.78, 5) is 15.5. The Morgan fingerprint density at radius 3 is 2.86 bits per heavy atom. The highest BCUT2D eigenvalue weighted by atomic mass is 16.4. The number of imidazole rings is 1. The van der Waals surface area contributed by atoms with Crippen molar-refractivity contribution in [3.63, 3.8) is 0 Å². The zero-order chi connectivity index (χ0) is 15.0. The van der Waals surface area contributed by atoms with Crippen molar-refractivity contribution < 1.29 is 9.90 Å². The number of carbonyl (C=O) groups is 1. The molecule has 0 spiro atoms. The zero-order valence-electron chi connectivity index (χ0n) is 11.9. The number of hydrogen-bond acceptors (Lipinski definition) is 3. The molecule has 0 saturated heterocycles. The van der Waals surface area contributed by atoms with Crippen molar-refractivity contribution in [1.29, 1.82) is 0 Å². The Bertz CT molecular complexity index is 816. The molecule has 0 fully saturated rings. The molecule has 6 heteroatoms. The van der Waals surface area contributed by atoms with Crippen LogP contribution in [0.3, 0.4) is 0 Å². The largest absolute Gasteiger partial charge is 0.478 e. The van der Waals surface area contributed by atoms with Crippen LogP contribution >= 0.6 is 0 Å². The van der Waals surface area contributed by atoms with Gasteiger partial charge in [-0.2, -0.15) is 5.10 Å². The van der Waals surface area contributed by atoms with Crippen LogP contribution in [-0.4, -0.2) is 30.4 Å². The van der Waals surface area contributed by atoms with E-state index in [0.717, 1.165) is 29.8 Å². The summed E-state index contributed by atoms with van der Waals surface area (Å²) in [6, 6.07) is 5.06. The number of rotatable bonds is 4. The van der Waals surface area contributed by atoms with Gasteiger partial charge in [-0.05, 0) is 37.1 Å². The van der Waals surface area contributed by atoms with Crippen LogP contribution in [0.25, 0.3) is 11.0 Å². The summed E-state index contributed by atoms with van der Waals surface area (Å²) in [6.07, 6.45) is 4.72. The van der Waals surface area contributed by atoms with Gasteiger partial charge in [0.2, 0.25) is 0 Å². The first kappa shape index (κ1) is 13.4. The molecule has 2 aromatic heterocycles. The number of fused-ring (bicyclic) bond motifs is 1. The van der Waals surface area contributed by atoms with Crippen LogP contribution in [0.1, 0.15) is 21.7 Å². The van der Waals surface area contributed by atoms with Gasteiger partial charge < -0.3 is 9.67 Å². The predicted octanol–water partition coefficient (Wildman–Crippen LogP) is 2.02. The number of aryl methyl sites for hydroxylation is 4. The maximum absolute atomic E-state index is 11.0. The van der Waals surface area contributed by atoms with Crippen molar-refractivity contribution in [1.82, 2.24) is 19.3 Å². The number of benzene rings is 1. The molecule has 0 aliphatic heterocycles. The topological polar surface area (TPSA) is 72.9 Å². The molecule has 0 aliphatic rings. The van der Waals surface area contributed by atoms with Gasteiger partial charge in [-0.3, -0.25) is 4.68 Å². The van der Waals surface area contributed by atoms with Crippen molar-refractivity contribution in [3.8, 4) is 0 Å². The summed E-state index contributed by atoms with van der Waals surface area (Å²) in [5.41, 5.74) is 3.11. The molecular formula is C15H16N4O2. The lowest BCUT2D eigenvalue weighted by atomic mass is 10.2. The van der Waals surface area contributed by atoms with E-state index in [-0.39, 0.29) is 5.56 Å². The normalized spacial score (nSPS) is 11.1. The Labute approximate surface area is 121 Å². The minimum Gasteiger partial charge on any atom is -0.478 e. The fraction of sp³-hybridized carbons (Fsp3) is 0.267. The average Bonchev–Trinajstić information content (AvgIpc) is 2.98. The summed E-state index contributed by atoms with van der Waals surface area (Å²) in [6.45, 7) is 2.73. The van der Waals surface area contributed by atoms with E-state index in [1.807, 2.05) is 32.4 Å². The summed E-state index contributed by atoms with van der Waals surface area (Å²) in [5, 5.41) is 13.2. The molecule has 0 unspecified atom stereocenters. The fourth-order valence-electron chi connectivity index (χ4n) is 2.51. The first-order valence-electron chi connectivity index (χ1n) is 6.72. The zero-order valence-corrected chi connectivity index (χ0v) is 11.9. The summed E-state index contributed by atoms with van der Waals surface area (Å²) < 4.78 is 3.89. The van der Waals surface area contributed by atoms with Crippen LogP contribution in [0.2, 0.25) is 0 Å². The molecule has 108 valence electrons. The first-order valence-corrected chi connectivity index (χ1v) is 6.72. The highest BCUT2D eigenvalue weighted by Gasteiger charge is 2.11. The number of hydrogen-bond donors (Lipinski definition) is 1. The Hall–Kier alpha value is -2.63. The second-order valence-corrected chi connectivity index (χ2v) is 5.09. The fourth-order valence-corrected chi connectivity index (χ4v) is 2.51. The Balaban J connectivity index is 1.91. The molecule has 0 bridgehead atoms. The highest BCUT2D eigenvalue weighted by molar-refractivity contribution is 5.92. The van der Waals surface area contributed by atoms with Gasteiger partial charge in [0.25, 0.3) is 0 Å². The highest BCUT2D eigenvalue weighted by Crippen LogP contribution is 2.18. The second kappa shape index (κ2) is 5.05. The van der Waals surface area contributed by atoms with E-state index in [2.05, 4.69) is 14.6 Å². The Kier molecular flexibility index (Phi) is 3.21. The monoisotopic (exact) mass is 284 g/mol. The minimum absolute atomic E-state index is 0.263. The van der Waals surface area contributed by atoms with Crippen LogP contribution in [0.4, 0.5) is 0 Å². The standard InChI is InChI=1S/C15H16N4O2/c1-10-17-13-7-12(15(20)21)3-4-14(13)19(10)6-5-11-8-16-18(2)9-11/h3-4,7-9H,5-6H2,1-2H3,(H,20,21). The molecule has 0 atom stereocenters. The molecule has 1 aromatic carbocycles. The first-order chi connectivity index (χ1) is 10.0. The SMILES string of the molecule is Cc1nc2cc(C(=O)O)ccc2n1CCc1cnn(C)c1. The molecule has 2 heterocycles. The molecule has 3 aromatic rings. The van der Waals surface area contributed by atoms with E-state index >= 15 is 0 Å². The van der Waals surface area contributed by atoms with Gasteiger partial charge in [0.1, 0.15) is 5.82 Å². The van der Waals surface area contributed by atoms with E-state index < -0.39 is 5.97 Å². The summed E-state index contributed by atoms with van der Waals surface area (Å²) >= 11 is 0. The van der Waals surface area contributed by atoms with E-state index in [4.69, 9.17) is 5.11 Å².